The summed E-state index contributed by atoms with van der Waals surface area (Å²) in [7, 11) is 0. The third-order valence-corrected chi connectivity index (χ3v) is 3.37. The Bertz CT molecular complexity index is 367. The van der Waals surface area contributed by atoms with E-state index < -0.39 is 5.97 Å². The number of anilines is 1. The van der Waals surface area contributed by atoms with Crippen molar-refractivity contribution in [2.45, 2.75) is 38.1 Å². The van der Waals surface area contributed by atoms with Gasteiger partial charge in [0.25, 0.3) is 0 Å². The van der Waals surface area contributed by atoms with Gasteiger partial charge in [-0.25, -0.2) is 0 Å². The SMILES string of the molecule is O=C(O)C1CCCCCC1Nc1ccncc1. The Hall–Kier alpha value is -1.58. The van der Waals surface area contributed by atoms with Crippen molar-refractivity contribution < 1.29 is 9.90 Å². The van der Waals surface area contributed by atoms with Crippen molar-refractivity contribution in [2.75, 3.05) is 5.32 Å². The summed E-state index contributed by atoms with van der Waals surface area (Å²) in [5.74, 6) is -0.955. The van der Waals surface area contributed by atoms with E-state index in [1.165, 1.54) is 0 Å². The minimum atomic E-state index is -0.682. The summed E-state index contributed by atoms with van der Waals surface area (Å²) in [5, 5.41) is 12.6. The first-order valence-corrected chi connectivity index (χ1v) is 6.17. The average molecular weight is 234 g/mol. The molecule has 0 saturated heterocycles. The van der Waals surface area contributed by atoms with Gasteiger partial charge in [0.15, 0.2) is 0 Å². The molecule has 0 radical (unpaired) electrons. The molecule has 1 aliphatic carbocycles. The van der Waals surface area contributed by atoms with Crippen LogP contribution in [0.2, 0.25) is 0 Å². The summed E-state index contributed by atoms with van der Waals surface area (Å²) in [4.78, 5) is 15.2. The lowest BCUT2D eigenvalue weighted by molar-refractivity contribution is -0.142. The Kier molecular flexibility index (Phi) is 3.96. The monoisotopic (exact) mass is 234 g/mol. The Morgan fingerprint density at radius 2 is 1.94 bits per heavy atom. The molecular formula is C13H18N2O2. The molecule has 0 aliphatic heterocycles. The summed E-state index contributed by atoms with van der Waals surface area (Å²) < 4.78 is 0. The van der Waals surface area contributed by atoms with E-state index in [9.17, 15) is 9.90 Å². The molecule has 1 saturated carbocycles. The summed E-state index contributed by atoms with van der Waals surface area (Å²) in [6, 6.07) is 3.80. The van der Waals surface area contributed by atoms with Crippen LogP contribution < -0.4 is 5.32 Å². The lowest BCUT2D eigenvalue weighted by atomic mass is 9.94. The zero-order chi connectivity index (χ0) is 12.1. The molecule has 1 fully saturated rings. The summed E-state index contributed by atoms with van der Waals surface area (Å²) >= 11 is 0. The topological polar surface area (TPSA) is 62.2 Å². The van der Waals surface area contributed by atoms with E-state index in [0.29, 0.717) is 0 Å². The number of hydrogen-bond acceptors (Lipinski definition) is 3. The fourth-order valence-electron chi connectivity index (χ4n) is 2.44. The summed E-state index contributed by atoms with van der Waals surface area (Å²) in [6.45, 7) is 0. The first-order chi connectivity index (χ1) is 8.27. The molecule has 2 rings (SSSR count). The molecule has 0 bridgehead atoms. The highest BCUT2D eigenvalue weighted by atomic mass is 16.4. The van der Waals surface area contributed by atoms with Crippen LogP contribution in [0.4, 0.5) is 5.69 Å². The highest BCUT2D eigenvalue weighted by molar-refractivity contribution is 5.71. The molecule has 92 valence electrons. The minimum absolute atomic E-state index is 0.0393. The lowest BCUT2D eigenvalue weighted by Gasteiger charge is -2.23. The van der Waals surface area contributed by atoms with Gasteiger partial charge in [-0.05, 0) is 25.0 Å². The van der Waals surface area contributed by atoms with Gasteiger partial charge in [-0.15, -0.1) is 0 Å². The second kappa shape index (κ2) is 5.66. The largest absolute Gasteiger partial charge is 0.481 e. The number of nitrogens with one attached hydrogen (secondary N) is 1. The van der Waals surface area contributed by atoms with E-state index in [0.717, 1.165) is 37.8 Å². The number of carboxylic acid groups (broad SMARTS) is 1. The number of aromatic nitrogens is 1. The van der Waals surface area contributed by atoms with Crippen molar-refractivity contribution in [1.29, 1.82) is 0 Å². The third kappa shape index (κ3) is 3.19. The van der Waals surface area contributed by atoms with Crippen LogP contribution in [-0.2, 0) is 4.79 Å². The number of carbonyl (C=O) groups is 1. The highest BCUT2D eigenvalue weighted by Gasteiger charge is 2.29. The predicted octanol–water partition coefficient (Wildman–Crippen LogP) is 2.53. The van der Waals surface area contributed by atoms with Gasteiger partial charge in [0.1, 0.15) is 0 Å². The molecule has 2 atom stereocenters. The maximum atomic E-state index is 11.3. The van der Waals surface area contributed by atoms with Gasteiger partial charge in [0.05, 0.1) is 5.92 Å². The fraction of sp³-hybridized carbons (Fsp3) is 0.538. The molecule has 0 amide bonds. The molecule has 1 aromatic heterocycles. The molecule has 1 aromatic rings. The van der Waals surface area contributed by atoms with Crippen molar-refractivity contribution in [2.24, 2.45) is 5.92 Å². The second-order valence-corrected chi connectivity index (χ2v) is 4.57. The standard InChI is InChI=1S/C13H18N2O2/c16-13(17)11-4-2-1-3-5-12(11)15-10-6-8-14-9-7-10/h6-9,11-12H,1-5H2,(H,14,15)(H,16,17). The highest BCUT2D eigenvalue weighted by Crippen LogP contribution is 2.26. The lowest BCUT2D eigenvalue weighted by Crippen LogP contribution is -2.33. The molecule has 4 nitrogen and oxygen atoms in total. The molecule has 2 N–H and O–H groups in total. The van der Waals surface area contributed by atoms with E-state index >= 15 is 0 Å². The van der Waals surface area contributed by atoms with Gasteiger partial charge in [-0.3, -0.25) is 9.78 Å². The summed E-state index contributed by atoms with van der Waals surface area (Å²) in [6.07, 6.45) is 8.40. The Balaban J connectivity index is 2.07. The zero-order valence-corrected chi connectivity index (χ0v) is 9.80. The summed E-state index contributed by atoms with van der Waals surface area (Å²) in [5.41, 5.74) is 0.957. The maximum Gasteiger partial charge on any atom is 0.308 e. The van der Waals surface area contributed by atoms with Gasteiger partial charge in [0, 0.05) is 24.1 Å². The number of carboxylic acids is 1. The van der Waals surface area contributed by atoms with Gasteiger partial charge < -0.3 is 10.4 Å². The number of aliphatic carboxylic acids is 1. The van der Waals surface area contributed by atoms with Gasteiger partial charge in [0.2, 0.25) is 0 Å². The third-order valence-electron chi connectivity index (χ3n) is 3.37. The van der Waals surface area contributed by atoms with Crippen LogP contribution in [-0.4, -0.2) is 22.1 Å². The number of pyridine rings is 1. The van der Waals surface area contributed by atoms with Crippen molar-refractivity contribution >= 4 is 11.7 Å². The number of rotatable bonds is 3. The van der Waals surface area contributed by atoms with E-state index in [2.05, 4.69) is 10.3 Å². The zero-order valence-electron chi connectivity index (χ0n) is 9.80. The van der Waals surface area contributed by atoms with Crippen LogP contribution in [0.1, 0.15) is 32.1 Å². The van der Waals surface area contributed by atoms with Crippen LogP contribution in [0.25, 0.3) is 0 Å². The first-order valence-electron chi connectivity index (χ1n) is 6.17. The predicted molar refractivity (Wildman–Crippen MR) is 65.9 cm³/mol. The average Bonchev–Trinajstić information content (AvgIpc) is 2.56. The number of nitrogens with zero attached hydrogens (tertiary/aromatic N) is 1. The fourth-order valence-corrected chi connectivity index (χ4v) is 2.44. The van der Waals surface area contributed by atoms with E-state index in [1.807, 2.05) is 12.1 Å². The van der Waals surface area contributed by atoms with Crippen LogP contribution in [0.15, 0.2) is 24.5 Å². The normalized spacial score (nSPS) is 24.9. The Labute approximate surface area is 101 Å². The van der Waals surface area contributed by atoms with E-state index in [1.54, 1.807) is 12.4 Å². The molecule has 0 aromatic carbocycles. The van der Waals surface area contributed by atoms with E-state index in [-0.39, 0.29) is 12.0 Å². The van der Waals surface area contributed by atoms with Crippen LogP contribution >= 0.6 is 0 Å². The van der Waals surface area contributed by atoms with Crippen LogP contribution in [0, 0.1) is 5.92 Å². The van der Waals surface area contributed by atoms with Crippen molar-refractivity contribution in [3.63, 3.8) is 0 Å². The molecule has 17 heavy (non-hydrogen) atoms. The quantitative estimate of drug-likeness (QED) is 0.789. The maximum absolute atomic E-state index is 11.3. The smallest absolute Gasteiger partial charge is 0.308 e. The Morgan fingerprint density at radius 3 is 2.65 bits per heavy atom. The first kappa shape index (κ1) is 11.9. The number of hydrogen-bond donors (Lipinski definition) is 2. The Morgan fingerprint density at radius 1 is 1.24 bits per heavy atom. The van der Waals surface area contributed by atoms with Crippen molar-refractivity contribution in [3.8, 4) is 0 Å². The molecule has 1 aliphatic rings. The molecule has 2 unspecified atom stereocenters. The molecule has 4 heteroatoms. The molecule has 0 spiro atoms. The van der Waals surface area contributed by atoms with Crippen LogP contribution in [0.3, 0.4) is 0 Å². The van der Waals surface area contributed by atoms with Gasteiger partial charge >= 0.3 is 5.97 Å². The van der Waals surface area contributed by atoms with Gasteiger partial charge in [-0.1, -0.05) is 19.3 Å². The second-order valence-electron chi connectivity index (χ2n) is 4.57. The molecule has 1 heterocycles. The minimum Gasteiger partial charge on any atom is -0.481 e. The van der Waals surface area contributed by atoms with Crippen molar-refractivity contribution in [3.05, 3.63) is 24.5 Å². The van der Waals surface area contributed by atoms with Gasteiger partial charge in [-0.2, -0.15) is 0 Å². The van der Waals surface area contributed by atoms with Crippen LogP contribution in [0.5, 0.6) is 0 Å². The molecular weight excluding hydrogens is 216 g/mol. The van der Waals surface area contributed by atoms with Crippen molar-refractivity contribution in [1.82, 2.24) is 4.98 Å². The van der Waals surface area contributed by atoms with E-state index in [4.69, 9.17) is 0 Å².